The minimum Gasteiger partial charge on any atom is -0.406 e. The van der Waals surface area contributed by atoms with Gasteiger partial charge in [-0.05, 0) is 91.5 Å². The molecular weight excluding hydrogens is 523 g/mol. The molecule has 0 aliphatic carbocycles. The highest BCUT2D eigenvalue weighted by Crippen LogP contribution is 2.30. The molecule has 200 valence electrons. The number of para-hydroxylation sites is 1. The van der Waals surface area contributed by atoms with Crippen LogP contribution in [0.25, 0.3) is 27.5 Å². The van der Waals surface area contributed by atoms with Gasteiger partial charge < -0.3 is 10.1 Å². The van der Waals surface area contributed by atoms with Crippen molar-refractivity contribution in [2.75, 3.05) is 5.32 Å². The first-order chi connectivity index (χ1) is 18.6. The van der Waals surface area contributed by atoms with Gasteiger partial charge in [0.2, 0.25) is 0 Å². The Hall–Kier alpha value is -4.15. The standard InChI is InChI=1S/C29H26F3N5OS/c1-17-5-4-6-18(2)26(17)34-28(39)36-35-19(3)20-7-13-24-21(15-20)8-14-25-27(24)33-16-37(25)22-9-11-23(12-10-22)38-29(30,31)32/h4-16,19,35H,1-3H3,(H2,34,36,39). The highest BCUT2D eigenvalue weighted by atomic mass is 32.1. The van der Waals surface area contributed by atoms with Gasteiger partial charge in [-0.15, -0.1) is 13.2 Å². The topological polar surface area (TPSA) is 63.1 Å². The first-order valence-corrected chi connectivity index (χ1v) is 12.6. The SMILES string of the molecule is Cc1cccc(C)c1NC(=S)NNC(C)c1ccc2c(ccc3c2ncn3-c2ccc(OC(F)(F)F)cc2)c1. The predicted molar refractivity (Wildman–Crippen MR) is 152 cm³/mol. The Kier molecular flexibility index (Phi) is 7.16. The maximum absolute atomic E-state index is 12.5. The summed E-state index contributed by atoms with van der Waals surface area (Å²) in [5, 5.41) is 5.72. The number of aromatic nitrogens is 2. The van der Waals surface area contributed by atoms with Crippen LogP contribution in [-0.4, -0.2) is 21.0 Å². The number of anilines is 1. The molecule has 0 aliphatic rings. The van der Waals surface area contributed by atoms with Crippen molar-refractivity contribution in [1.82, 2.24) is 20.4 Å². The Morgan fingerprint density at radius 3 is 2.38 bits per heavy atom. The Morgan fingerprint density at radius 1 is 0.974 bits per heavy atom. The van der Waals surface area contributed by atoms with Gasteiger partial charge in [-0.1, -0.05) is 36.4 Å². The molecule has 10 heteroatoms. The predicted octanol–water partition coefficient (Wildman–Crippen LogP) is 7.25. The molecule has 4 aromatic carbocycles. The van der Waals surface area contributed by atoms with E-state index in [1.807, 2.05) is 67.8 Å². The van der Waals surface area contributed by atoms with Crippen LogP contribution in [0.4, 0.5) is 18.9 Å². The Bertz CT molecular complexity index is 1640. The largest absolute Gasteiger partial charge is 0.573 e. The number of hydrazine groups is 1. The lowest BCUT2D eigenvalue weighted by molar-refractivity contribution is -0.274. The molecule has 1 atom stereocenters. The zero-order valence-electron chi connectivity index (χ0n) is 21.4. The lowest BCUT2D eigenvalue weighted by Gasteiger charge is -2.19. The van der Waals surface area contributed by atoms with Gasteiger partial charge >= 0.3 is 6.36 Å². The van der Waals surface area contributed by atoms with Crippen LogP contribution in [0.3, 0.4) is 0 Å². The van der Waals surface area contributed by atoms with Crippen molar-refractivity contribution in [3.8, 4) is 11.4 Å². The first kappa shape index (κ1) is 26.5. The Labute approximate surface area is 228 Å². The molecule has 0 bridgehead atoms. The molecule has 0 spiro atoms. The second-order valence-corrected chi connectivity index (χ2v) is 9.69. The monoisotopic (exact) mass is 549 g/mol. The van der Waals surface area contributed by atoms with E-state index in [0.717, 1.165) is 44.2 Å². The van der Waals surface area contributed by atoms with Crippen LogP contribution >= 0.6 is 12.2 Å². The minimum absolute atomic E-state index is 0.0437. The molecule has 1 aromatic heterocycles. The molecule has 5 aromatic rings. The van der Waals surface area contributed by atoms with Crippen LogP contribution in [-0.2, 0) is 0 Å². The summed E-state index contributed by atoms with van der Waals surface area (Å²) in [6.45, 7) is 6.11. The smallest absolute Gasteiger partial charge is 0.406 e. The maximum atomic E-state index is 12.5. The summed E-state index contributed by atoms with van der Waals surface area (Å²) in [5.74, 6) is -0.271. The van der Waals surface area contributed by atoms with Crippen LogP contribution in [0.1, 0.15) is 29.7 Å². The molecule has 3 N–H and O–H groups in total. The van der Waals surface area contributed by atoms with Gasteiger partial charge in [0.1, 0.15) is 12.1 Å². The summed E-state index contributed by atoms with van der Waals surface area (Å²) in [6.07, 6.45) is -3.07. The molecule has 0 radical (unpaired) electrons. The third-order valence-electron chi connectivity index (χ3n) is 6.53. The highest BCUT2D eigenvalue weighted by Gasteiger charge is 2.31. The van der Waals surface area contributed by atoms with Crippen molar-refractivity contribution in [3.05, 3.63) is 95.8 Å². The summed E-state index contributed by atoms with van der Waals surface area (Å²) in [4.78, 5) is 4.59. The number of alkyl halides is 3. The molecule has 1 heterocycles. The summed E-state index contributed by atoms with van der Waals surface area (Å²) in [5.41, 5.74) is 12.9. The number of fused-ring (bicyclic) bond motifs is 3. The van der Waals surface area contributed by atoms with E-state index >= 15 is 0 Å². The van der Waals surface area contributed by atoms with Crippen LogP contribution in [0.2, 0.25) is 0 Å². The average Bonchev–Trinajstić information content (AvgIpc) is 3.33. The molecule has 0 saturated carbocycles. The quantitative estimate of drug-likeness (QED) is 0.153. The van der Waals surface area contributed by atoms with E-state index in [0.29, 0.717) is 10.8 Å². The fraction of sp³-hybridized carbons (Fsp3) is 0.172. The van der Waals surface area contributed by atoms with Crippen molar-refractivity contribution in [1.29, 1.82) is 0 Å². The van der Waals surface area contributed by atoms with Gasteiger partial charge in [0.05, 0.1) is 11.0 Å². The van der Waals surface area contributed by atoms with Crippen molar-refractivity contribution >= 4 is 44.8 Å². The van der Waals surface area contributed by atoms with Gasteiger partial charge in [0.25, 0.3) is 0 Å². The Balaban J connectivity index is 1.31. The third-order valence-corrected chi connectivity index (χ3v) is 6.73. The van der Waals surface area contributed by atoms with E-state index in [2.05, 4.69) is 32.0 Å². The molecule has 39 heavy (non-hydrogen) atoms. The molecule has 1 unspecified atom stereocenters. The van der Waals surface area contributed by atoms with Crippen LogP contribution in [0.5, 0.6) is 5.75 Å². The highest BCUT2D eigenvalue weighted by molar-refractivity contribution is 7.80. The molecule has 5 rings (SSSR count). The number of rotatable bonds is 6. The van der Waals surface area contributed by atoms with Crippen molar-refractivity contribution in [2.45, 2.75) is 33.2 Å². The number of nitrogens with zero attached hydrogens (tertiary/aromatic N) is 2. The number of halogens is 3. The maximum Gasteiger partial charge on any atom is 0.573 e. The number of imidazole rings is 1. The van der Waals surface area contributed by atoms with Crippen molar-refractivity contribution < 1.29 is 17.9 Å². The number of thiocarbonyl (C=S) groups is 1. The fourth-order valence-electron chi connectivity index (χ4n) is 4.53. The molecule has 6 nitrogen and oxygen atoms in total. The van der Waals surface area contributed by atoms with E-state index in [1.165, 1.54) is 12.1 Å². The molecule has 0 aliphatic heterocycles. The normalized spacial score (nSPS) is 12.5. The van der Waals surface area contributed by atoms with Crippen LogP contribution in [0, 0.1) is 13.8 Å². The van der Waals surface area contributed by atoms with Crippen molar-refractivity contribution in [3.63, 3.8) is 0 Å². The minimum atomic E-state index is -4.73. The molecule has 0 fully saturated rings. The average molecular weight is 550 g/mol. The number of benzene rings is 4. The Morgan fingerprint density at radius 2 is 1.69 bits per heavy atom. The summed E-state index contributed by atoms with van der Waals surface area (Å²) in [7, 11) is 0. The fourth-order valence-corrected chi connectivity index (χ4v) is 4.69. The van der Waals surface area contributed by atoms with E-state index in [4.69, 9.17) is 12.2 Å². The van der Waals surface area contributed by atoms with Crippen molar-refractivity contribution in [2.24, 2.45) is 0 Å². The van der Waals surface area contributed by atoms with E-state index in [9.17, 15) is 13.2 Å². The number of hydrogen-bond donors (Lipinski definition) is 3. The number of hydrogen-bond acceptors (Lipinski definition) is 4. The zero-order valence-corrected chi connectivity index (χ0v) is 22.2. The molecule has 0 saturated heterocycles. The zero-order chi connectivity index (χ0) is 27.7. The van der Waals surface area contributed by atoms with Crippen LogP contribution < -0.4 is 20.9 Å². The lowest BCUT2D eigenvalue weighted by atomic mass is 10.0. The number of nitrogens with one attached hydrogen (secondary N) is 3. The van der Waals surface area contributed by atoms with Gasteiger partial charge in [-0.25, -0.2) is 10.4 Å². The van der Waals surface area contributed by atoms with Gasteiger partial charge in [0, 0.05) is 22.8 Å². The lowest BCUT2D eigenvalue weighted by Crippen LogP contribution is -2.41. The third kappa shape index (κ3) is 5.81. The second kappa shape index (κ2) is 10.5. The van der Waals surface area contributed by atoms with Gasteiger partial charge in [-0.3, -0.25) is 9.99 Å². The first-order valence-electron chi connectivity index (χ1n) is 12.2. The number of aryl methyl sites for hydroxylation is 2. The summed E-state index contributed by atoms with van der Waals surface area (Å²) in [6, 6.07) is 21.9. The van der Waals surface area contributed by atoms with Crippen LogP contribution in [0.15, 0.2) is 79.1 Å². The van der Waals surface area contributed by atoms with E-state index < -0.39 is 6.36 Å². The van der Waals surface area contributed by atoms with E-state index in [1.54, 1.807) is 18.5 Å². The van der Waals surface area contributed by atoms with Gasteiger partial charge in [-0.2, -0.15) is 0 Å². The summed E-state index contributed by atoms with van der Waals surface area (Å²) < 4.78 is 43.2. The van der Waals surface area contributed by atoms with E-state index in [-0.39, 0.29) is 11.8 Å². The van der Waals surface area contributed by atoms with Gasteiger partial charge in [0.15, 0.2) is 5.11 Å². The molecule has 0 amide bonds. The second-order valence-electron chi connectivity index (χ2n) is 9.28. The molecular formula is C29H26F3N5OS. The number of ether oxygens (including phenoxy) is 1. The summed E-state index contributed by atoms with van der Waals surface area (Å²) >= 11 is 5.47.